The third-order valence-electron chi connectivity index (χ3n) is 6.31. The summed E-state index contributed by atoms with van der Waals surface area (Å²) in [4.78, 5) is 26.5. The van der Waals surface area contributed by atoms with Crippen LogP contribution in [0.25, 0.3) is 0 Å². The summed E-state index contributed by atoms with van der Waals surface area (Å²) in [5.41, 5.74) is 7.37. The summed E-state index contributed by atoms with van der Waals surface area (Å²) in [6.07, 6.45) is 4.66. The largest absolute Gasteiger partial charge is 0.316 e. The van der Waals surface area contributed by atoms with Gasteiger partial charge >= 0.3 is 0 Å². The Morgan fingerprint density at radius 2 is 1.97 bits per heavy atom. The molecule has 5 rings (SSSR count). The Morgan fingerprint density at radius 1 is 1.10 bits per heavy atom. The number of aryl methyl sites for hydroxylation is 1. The standard InChI is InChI=1S/C26H26N4O/c1-17-9-19(7-8-28-17)26-25-16-29-22(10-20(25)14-30-26)12-23(31)11-21-13-27-15-24(21)18-5-3-2-4-6-18/h2-10,16,21,24,27H,11-15H2,1H3/t21-,24-/m1/s1. The van der Waals surface area contributed by atoms with Crippen molar-refractivity contribution in [1.29, 1.82) is 0 Å². The normalized spacial score (nSPS) is 19.8. The minimum Gasteiger partial charge on any atom is -0.316 e. The molecule has 0 spiro atoms. The number of benzene rings is 1. The minimum absolute atomic E-state index is 0.256. The van der Waals surface area contributed by atoms with Crippen molar-refractivity contribution < 1.29 is 4.79 Å². The van der Waals surface area contributed by atoms with Crippen molar-refractivity contribution in [2.24, 2.45) is 10.9 Å². The fourth-order valence-corrected chi connectivity index (χ4v) is 4.78. The average Bonchev–Trinajstić information content (AvgIpc) is 3.41. The predicted octanol–water partition coefficient (Wildman–Crippen LogP) is 3.64. The van der Waals surface area contributed by atoms with Crippen LogP contribution < -0.4 is 5.32 Å². The second kappa shape index (κ2) is 8.52. The molecule has 2 aliphatic rings. The molecule has 31 heavy (non-hydrogen) atoms. The van der Waals surface area contributed by atoms with E-state index in [0.717, 1.165) is 46.9 Å². The first-order chi connectivity index (χ1) is 15.2. The number of nitrogens with zero attached hydrogens (tertiary/aromatic N) is 3. The Labute approximate surface area is 182 Å². The van der Waals surface area contributed by atoms with Gasteiger partial charge in [0.15, 0.2) is 0 Å². The number of fused-ring (bicyclic) bond motifs is 1. The molecule has 0 radical (unpaired) electrons. The molecule has 2 aliphatic heterocycles. The fraction of sp³-hybridized carbons (Fsp3) is 0.308. The topological polar surface area (TPSA) is 67.2 Å². The van der Waals surface area contributed by atoms with Crippen molar-refractivity contribution in [1.82, 2.24) is 15.3 Å². The van der Waals surface area contributed by atoms with Gasteiger partial charge in [-0.3, -0.25) is 19.8 Å². The van der Waals surface area contributed by atoms with Crippen molar-refractivity contribution in [3.05, 3.63) is 94.6 Å². The Morgan fingerprint density at radius 3 is 2.81 bits per heavy atom. The Bertz CT molecular complexity index is 1140. The molecule has 5 heteroatoms. The molecule has 2 atom stereocenters. The van der Waals surface area contributed by atoms with E-state index in [9.17, 15) is 4.79 Å². The van der Waals surface area contributed by atoms with Crippen LogP contribution in [-0.4, -0.2) is 34.6 Å². The molecule has 1 aromatic carbocycles. The summed E-state index contributed by atoms with van der Waals surface area (Å²) < 4.78 is 0. The van der Waals surface area contributed by atoms with Gasteiger partial charge in [-0.25, -0.2) is 0 Å². The second-order valence-corrected chi connectivity index (χ2v) is 8.54. The molecule has 1 N–H and O–H groups in total. The van der Waals surface area contributed by atoms with Gasteiger partial charge in [0, 0.05) is 60.2 Å². The van der Waals surface area contributed by atoms with Gasteiger partial charge in [-0.15, -0.1) is 0 Å². The zero-order valence-corrected chi connectivity index (χ0v) is 17.7. The van der Waals surface area contributed by atoms with Crippen molar-refractivity contribution >= 4 is 11.5 Å². The van der Waals surface area contributed by atoms with Crippen LogP contribution in [0.2, 0.25) is 0 Å². The highest BCUT2D eigenvalue weighted by molar-refractivity contribution is 6.15. The Hall–Kier alpha value is -3.18. The summed E-state index contributed by atoms with van der Waals surface area (Å²) in [7, 11) is 0. The first kappa shape index (κ1) is 19.8. The molecular weight excluding hydrogens is 384 g/mol. The fourth-order valence-electron chi connectivity index (χ4n) is 4.78. The molecule has 0 aliphatic carbocycles. The van der Waals surface area contributed by atoms with Gasteiger partial charge in [0.25, 0.3) is 0 Å². The van der Waals surface area contributed by atoms with Gasteiger partial charge in [-0.1, -0.05) is 30.3 Å². The van der Waals surface area contributed by atoms with Crippen LogP contribution in [0.4, 0.5) is 0 Å². The molecule has 0 unspecified atom stereocenters. The molecular formula is C26H26N4O. The third-order valence-corrected chi connectivity index (χ3v) is 6.31. The predicted molar refractivity (Wildman–Crippen MR) is 121 cm³/mol. The quantitative estimate of drug-likeness (QED) is 0.674. The number of nitrogens with one attached hydrogen (secondary N) is 1. The molecule has 156 valence electrons. The number of ketones is 1. The maximum absolute atomic E-state index is 12.9. The van der Waals surface area contributed by atoms with Crippen LogP contribution >= 0.6 is 0 Å². The summed E-state index contributed by atoms with van der Waals surface area (Å²) in [6, 6.07) is 16.6. The third kappa shape index (κ3) is 4.19. The van der Waals surface area contributed by atoms with E-state index in [1.54, 1.807) is 0 Å². The molecule has 5 nitrogen and oxygen atoms in total. The van der Waals surface area contributed by atoms with Crippen LogP contribution in [0, 0.1) is 12.8 Å². The van der Waals surface area contributed by atoms with E-state index < -0.39 is 0 Å². The first-order valence-electron chi connectivity index (χ1n) is 10.9. The van der Waals surface area contributed by atoms with Gasteiger partial charge in [0.05, 0.1) is 12.3 Å². The molecule has 1 saturated heterocycles. The number of carbonyl (C=O) groups excluding carboxylic acids is 1. The Kier molecular flexibility index (Phi) is 5.43. The van der Waals surface area contributed by atoms with E-state index in [-0.39, 0.29) is 5.78 Å². The van der Waals surface area contributed by atoms with Crippen molar-refractivity contribution in [2.45, 2.75) is 32.2 Å². The highest BCUT2D eigenvalue weighted by Gasteiger charge is 2.30. The van der Waals surface area contributed by atoms with Gasteiger partial charge in [0.1, 0.15) is 5.78 Å². The van der Waals surface area contributed by atoms with E-state index in [1.807, 2.05) is 37.5 Å². The maximum atomic E-state index is 12.9. The summed E-state index contributed by atoms with van der Waals surface area (Å²) >= 11 is 0. The van der Waals surface area contributed by atoms with Crippen LogP contribution in [-0.2, 0) is 17.8 Å². The number of pyridine rings is 2. The van der Waals surface area contributed by atoms with Gasteiger partial charge in [-0.05, 0) is 48.7 Å². The highest BCUT2D eigenvalue weighted by atomic mass is 16.1. The number of carbonyl (C=O) groups is 1. The van der Waals surface area contributed by atoms with Crippen molar-refractivity contribution in [2.75, 3.05) is 13.1 Å². The van der Waals surface area contributed by atoms with Crippen LogP contribution in [0.15, 0.2) is 65.9 Å². The lowest BCUT2D eigenvalue weighted by atomic mass is 9.85. The van der Waals surface area contributed by atoms with E-state index in [4.69, 9.17) is 4.99 Å². The highest BCUT2D eigenvalue weighted by Crippen LogP contribution is 2.31. The number of aromatic nitrogens is 2. The smallest absolute Gasteiger partial charge is 0.139 e. The molecule has 4 heterocycles. The Balaban J connectivity index is 1.26. The van der Waals surface area contributed by atoms with Crippen LogP contribution in [0.1, 0.15) is 46.0 Å². The summed E-state index contributed by atoms with van der Waals surface area (Å²) in [5.74, 6) is 0.998. The van der Waals surface area contributed by atoms with E-state index in [2.05, 4.69) is 45.6 Å². The number of rotatable bonds is 6. The lowest BCUT2D eigenvalue weighted by molar-refractivity contribution is -0.119. The number of aliphatic imine (C=N–C) groups is 1. The van der Waals surface area contributed by atoms with Crippen LogP contribution in [0.5, 0.6) is 0 Å². The molecule has 0 bridgehead atoms. The minimum atomic E-state index is 0.256. The lowest BCUT2D eigenvalue weighted by Crippen LogP contribution is -2.17. The number of hydrogen-bond donors (Lipinski definition) is 1. The molecule has 3 aromatic rings. The molecule has 0 saturated carbocycles. The van der Waals surface area contributed by atoms with Gasteiger partial charge in [0.2, 0.25) is 0 Å². The molecule has 0 amide bonds. The zero-order valence-electron chi connectivity index (χ0n) is 17.7. The maximum Gasteiger partial charge on any atom is 0.139 e. The van der Waals surface area contributed by atoms with Gasteiger partial charge < -0.3 is 5.32 Å². The van der Waals surface area contributed by atoms with Crippen LogP contribution in [0.3, 0.4) is 0 Å². The zero-order chi connectivity index (χ0) is 21.2. The van der Waals surface area contributed by atoms with Gasteiger partial charge in [-0.2, -0.15) is 0 Å². The van der Waals surface area contributed by atoms with Crippen molar-refractivity contribution in [3.8, 4) is 0 Å². The second-order valence-electron chi connectivity index (χ2n) is 8.54. The monoisotopic (exact) mass is 410 g/mol. The van der Waals surface area contributed by atoms with Crippen molar-refractivity contribution in [3.63, 3.8) is 0 Å². The van der Waals surface area contributed by atoms with E-state index in [0.29, 0.717) is 31.2 Å². The molecule has 1 fully saturated rings. The average molecular weight is 411 g/mol. The summed E-state index contributed by atoms with van der Waals surface area (Å²) in [5, 5.41) is 3.46. The van der Waals surface area contributed by atoms with E-state index >= 15 is 0 Å². The number of hydrogen-bond acceptors (Lipinski definition) is 5. The number of Topliss-reactive ketones (excluding diaryl/α,β-unsaturated/α-hetero) is 1. The first-order valence-corrected chi connectivity index (χ1v) is 10.9. The SMILES string of the molecule is Cc1cc(C2=NCc3cc(CC(=O)C[C@@H]4CNC[C@@H]4c4ccccc4)ncc32)ccn1. The summed E-state index contributed by atoms with van der Waals surface area (Å²) in [6.45, 7) is 4.45. The van der Waals surface area contributed by atoms with E-state index in [1.165, 1.54) is 5.56 Å². The molecule has 2 aromatic heterocycles. The lowest BCUT2D eigenvalue weighted by Gasteiger charge is -2.18.